The Bertz CT molecular complexity index is 874. The second-order valence-corrected chi connectivity index (χ2v) is 6.89. The van der Waals surface area contributed by atoms with E-state index >= 15 is 0 Å². The molecule has 4 nitrogen and oxygen atoms in total. The van der Waals surface area contributed by atoms with Crippen LogP contribution in [-0.2, 0) is 14.3 Å². The van der Waals surface area contributed by atoms with Crippen LogP contribution >= 0.6 is 11.6 Å². The molecule has 27 heavy (non-hydrogen) atoms. The van der Waals surface area contributed by atoms with Gasteiger partial charge in [0.05, 0.1) is 19.6 Å². The summed E-state index contributed by atoms with van der Waals surface area (Å²) in [7, 11) is 1.27. The molecule has 1 amide bonds. The van der Waals surface area contributed by atoms with Gasteiger partial charge in [-0.05, 0) is 41.7 Å². The fraction of sp³-hybridized carbons (Fsp3) is 0.300. The first-order valence-corrected chi connectivity index (χ1v) is 8.85. The topological polar surface area (TPSA) is 55.4 Å². The third-order valence-electron chi connectivity index (χ3n) is 4.69. The van der Waals surface area contributed by atoms with Crippen LogP contribution in [0.15, 0.2) is 42.5 Å². The maximum atomic E-state index is 13.4. The Hall–Kier alpha value is -2.47. The first-order chi connectivity index (χ1) is 12.9. The zero-order valence-corrected chi connectivity index (χ0v) is 15.3. The number of carbonyl (C=O) groups is 2. The molecule has 3 atom stereocenters. The Morgan fingerprint density at radius 2 is 1.96 bits per heavy atom. The van der Waals surface area contributed by atoms with Gasteiger partial charge in [0.1, 0.15) is 0 Å². The molecule has 2 aromatic rings. The molecule has 1 N–H and O–H groups in total. The molecule has 0 radical (unpaired) electrons. The van der Waals surface area contributed by atoms with E-state index in [1.807, 2.05) is 0 Å². The van der Waals surface area contributed by atoms with Crippen molar-refractivity contribution in [3.8, 4) is 0 Å². The van der Waals surface area contributed by atoms with Crippen LogP contribution in [0.1, 0.15) is 35.9 Å². The molecule has 7 heteroatoms. The van der Waals surface area contributed by atoms with Crippen molar-refractivity contribution in [3.05, 3.63) is 70.2 Å². The Kier molecular flexibility index (Phi) is 5.75. The number of hydrogen-bond donors (Lipinski definition) is 1. The molecule has 0 saturated heterocycles. The Labute approximate surface area is 160 Å². The molecule has 1 saturated carbocycles. The van der Waals surface area contributed by atoms with Crippen LogP contribution in [-0.4, -0.2) is 19.0 Å². The van der Waals surface area contributed by atoms with Crippen LogP contribution in [0, 0.1) is 17.6 Å². The lowest BCUT2D eigenvalue weighted by molar-refractivity contribution is -0.141. The molecular weight excluding hydrogens is 376 g/mol. The maximum Gasteiger partial charge on any atom is 0.307 e. The average Bonchev–Trinajstić information content (AvgIpc) is 3.44. The molecule has 3 rings (SSSR count). The number of halogens is 3. The molecule has 0 heterocycles. The van der Waals surface area contributed by atoms with E-state index in [4.69, 9.17) is 16.3 Å². The summed E-state index contributed by atoms with van der Waals surface area (Å²) in [5.41, 5.74) is 1.19. The number of amides is 1. The summed E-state index contributed by atoms with van der Waals surface area (Å²) in [6.07, 6.45) is 0.471. The highest BCUT2D eigenvalue weighted by molar-refractivity contribution is 6.31. The molecule has 3 unspecified atom stereocenters. The van der Waals surface area contributed by atoms with Crippen LogP contribution in [0.25, 0.3) is 0 Å². The predicted molar refractivity (Wildman–Crippen MR) is 96.2 cm³/mol. The van der Waals surface area contributed by atoms with Crippen molar-refractivity contribution in [2.24, 2.45) is 5.92 Å². The van der Waals surface area contributed by atoms with Gasteiger partial charge in [0.15, 0.2) is 11.6 Å². The number of benzene rings is 2. The van der Waals surface area contributed by atoms with Crippen molar-refractivity contribution < 1.29 is 23.1 Å². The van der Waals surface area contributed by atoms with Gasteiger partial charge in [0.25, 0.3) is 0 Å². The van der Waals surface area contributed by atoms with E-state index in [1.165, 1.54) is 13.2 Å². The third kappa shape index (κ3) is 4.45. The highest BCUT2D eigenvalue weighted by Crippen LogP contribution is 2.48. The van der Waals surface area contributed by atoms with Crippen molar-refractivity contribution in [1.29, 1.82) is 0 Å². The number of methoxy groups -OCH3 is 1. The summed E-state index contributed by atoms with van der Waals surface area (Å²) in [4.78, 5) is 24.4. The summed E-state index contributed by atoms with van der Waals surface area (Å²) in [5, 5.41) is 3.27. The Morgan fingerprint density at radius 1 is 1.22 bits per heavy atom. The standard InChI is InChI=1S/C20H18ClF2NO3/c1-27-19(25)10-18(12-4-2-3-5-15(12)21)24-20(26)14-9-13(14)11-6-7-16(22)17(23)8-11/h2-8,13-14,18H,9-10H2,1H3,(H,24,26). The number of rotatable bonds is 6. The normalized spacial score (nSPS) is 19.3. The van der Waals surface area contributed by atoms with Crippen molar-refractivity contribution in [3.63, 3.8) is 0 Å². The molecule has 1 aliphatic carbocycles. The number of carbonyl (C=O) groups excluding carboxylic acids is 2. The van der Waals surface area contributed by atoms with Gasteiger partial charge in [-0.3, -0.25) is 9.59 Å². The molecule has 0 aromatic heterocycles. The van der Waals surface area contributed by atoms with E-state index in [9.17, 15) is 18.4 Å². The molecule has 0 bridgehead atoms. The van der Waals surface area contributed by atoms with Gasteiger partial charge < -0.3 is 10.1 Å². The monoisotopic (exact) mass is 393 g/mol. The van der Waals surface area contributed by atoms with Crippen LogP contribution in [0.4, 0.5) is 8.78 Å². The minimum atomic E-state index is -0.932. The summed E-state index contributed by atoms with van der Waals surface area (Å²) in [6, 6.07) is 9.95. The fourth-order valence-corrected chi connectivity index (χ4v) is 3.39. The molecule has 0 aliphatic heterocycles. The molecular formula is C20H18ClF2NO3. The van der Waals surface area contributed by atoms with Gasteiger partial charge in [-0.25, -0.2) is 8.78 Å². The lowest BCUT2D eigenvalue weighted by atomic mass is 10.0. The van der Waals surface area contributed by atoms with Crippen LogP contribution < -0.4 is 5.32 Å². The lowest BCUT2D eigenvalue weighted by Crippen LogP contribution is -2.32. The van der Waals surface area contributed by atoms with E-state index < -0.39 is 23.6 Å². The van der Waals surface area contributed by atoms with E-state index in [0.717, 1.165) is 12.1 Å². The zero-order chi connectivity index (χ0) is 19.6. The minimum absolute atomic E-state index is 0.0610. The van der Waals surface area contributed by atoms with Gasteiger partial charge in [0, 0.05) is 10.9 Å². The zero-order valence-electron chi connectivity index (χ0n) is 14.5. The van der Waals surface area contributed by atoms with Crippen molar-refractivity contribution >= 4 is 23.5 Å². The lowest BCUT2D eigenvalue weighted by Gasteiger charge is -2.19. The molecule has 2 aromatic carbocycles. The Balaban J connectivity index is 1.72. The summed E-state index contributed by atoms with van der Waals surface area (Å²) < 4.78 is 31.2. The number of ether oxygens (including phenoxy) is 1. The maximum absolute atomic E-state index is 13.4. The number of esters is 1. The molecule has 1 fully saturated rings. The van der Waals surface area contributed by atoms with E-state index in [0.29, 0.717) is 22.6 Å². The first-order valence-electron chi connectivity index (χ1n) is 8.47. The SMILES string of the molecule is COC(=O)CC(NC(=O)C1CC1c1ccc(F)c(F)c1)c1ccccc1Cl. The second kappa shape index (κ2) is 8.05. The largest absolute Gasteiger partial charge is 0.469 e. The van der Waals surface area contributed by atoms with E-state index in [-0.39, 0.29) is 24.2 Å². The number of nitrogens with one attached hydrogen (secondary N) is 1. The second-order valence-electron chi connectivity index (χ2n) is 6.49. The highest BCUT2D eigenvalue weighted by Gasteiger charge is 2.45. The smallest absolute Gasteiger partial charge is 0.307 e. The summed E-state index contributed by atoms with van der Waals surface area (Å²) >= 11 is 6.20. The quantitative estimate of drug-likeness (QED) is 0.750. The summed E-state index contributed by atoms with van der Waals surface area (Å²) in [5.74, 6) is -3.13. The van der Waals surface area contributed by atoms with E-state index in [1.54, 1.807) is 24.3 Å². The van der Waals surface area contributed by atoms with Crippen LogP contribution in [0.2, 0.25) is 5.02 Å². The van der Waals surface area contributed by atoms with E-state index in [2.05, 4.69) is 5.32 Å². The van der Waals surface area contributed by atoms with Crippen molar-refractivity contribution in [2.45, 2.75) is 24.8 Å². The predicted octanol–water partition coefficient (Wildman–Crippen LogP) is 4.14. The van der Waals surface area contributed by atoms with Crippen LogP contribution in [0.3, 0.4) is 0 Å². The van der Waals surface area contributed by atoms with Crippen molar-refractivity contribution in [1.82, 2.24) is 5.32 Å². The van der Waals surface area contributed by atoms with Crippen LogP contribution in [0.5, 0.6) is 0 Å². The Morgan fingerprint density at radius 3 is 2.63 bits per heavy atom. The first kappa shape index (κ1) is 19.3. The van der Waals surface area contributed by atoms with Gasteiger partial charge in [0.2, 0.25) is 5.91 Å². The van der Waals surface area contributed by atoms with Gasteiger partial charge >= 0.3 is 5.97 Å². The summed E-state index contributed by atoms with van der Waals surface area (Å²) in [6.45, 7) is 0. The van der Waals surface area contributed by atoms with Crippen molar-refractivity contribution in [2.75, 3.05) is 7.11 Å². The fourth-order valence-electron chi connectivity index (χ4n) is 3.12. The van der Waals surface area contributed by atoms with Gasteiger partial charge in [-0.2, -0.15) is 0 Å². The molecule has 1 aliphatic rings. The highest BCUT2D eigenvalue weighted by atomic mass is 35.5. The average molecular weight is 394 g/mol. The third-order valence-corrected chi connectivity index (χ3v) is 5.04. The number of hydrogen-bond acceptors (Lipinski definition) is 3. The molecule has 0 spiro atoms. The minimum Gasteiger partial charge on any atom is -0.469 e. The van der Waals surface area contributed by atoms with Gasteiger partial charge in [-0.1, -0.05) is 35.9 Å². The van der Waals surface area contributed by atoms with Gasteiger partial charge in [-0.15, -0.1) is 0 Å². The molecule has 142 valence electrons.